The van der Waals surface area contributed by atoms with Crippen LogP contribution in [0.5, 0.6) is 5.75 Å². The average Bonchev–Trinajstić information content (AvgIpc) is 2.82. The van der Waals surface area contributed by atoms with E-state index in [2.05, 4.69) is 35.6 Å². The summed E-state index contributed by atoms with van der Waals surface area (Å²) in [6.07, 6.45) is 7.20. The van der Waals surface area contributed by atoms with Gasteiger partial charge in [-0.1, -0.05) is 6.42 Å². The largest absolute Gasteiger partial charge is 0.495 e. The molecule has 0 bridgehead atoms. The molecule has 1 saturated heterocycles. The summed E-state index contributed by atoms with van der Waals surface area (Å²) in [4.78, 5) is 3.37. The summed E-state index contributed by atoms with van der Waals surface area (Å²) in [5.74, 6) is 0.942. The molecule has 0 saturated carbocycles. The third kappa shape index (κ3) is 2.47. The quantitative estimate of drug-likeness (QED) is 0.887. The molecule has 0 radical (unpaired) electrons. The highest BCUT2D eigenvalue weighted by Gasteiger charge is 2.16. The van der Waals surface area contributed by atoms with Crippen molar-refractivity contribution in [2.75, 3.05) is 13.7 Å². The number of fused-ring (bicyclic) bond motifs is 1. The first kappa shape index (κ1) is 12.5. The molecule has 3 nitrogen and oxygen atoms in total. The zero-order valence-corrected chi connectivity index (χ0v) is 11.8. The van der Waals surface area contributed by atoms with Crippen molar-refractivity contribution < 1.29 is 4.74 Å². The summed E-state index contributed by atoms with van der Waals surface area (Å²) in [5.41, 5.74) is 3.78. The molecule has 19 heavy (non-hydrogen) atoms. The average molecular weight is 258 g/mol. The van der Waals surface area contributed by atoms with Crippen LogP contribution in [0, 0.1) is 6.92 Å². The molecular formula is C16H22N2O. The van der Waals surface area contributed by atoms with E-state index < -0.39 is 0 Å². The zero-order valence-electron chi connectivity index (χ0n) is 11.8. The third-order valence-electron chi connectivity index (χ3n) is 4.08. The number of ether oxygens (including phenoxy) is 1. The lowest BCUT2D eigenvalue weighted by Crippen LogP contribution is -2.35. The normalized spacial score (nSPS) is 19.8. The van der Waals surface area contributed by atoms with E-state index in [1.807, 2.05) is 0 Å². The minimum absolute atomic E-state index is 0.624. The molecule has 0 aliphatic carbocycles. The fourth-order valence-corrected chi connectivity index (χ4v) is 3.09. The van der Waals surface area contributed by atoms with E-state index in [1.54, 1.807) is 7.11 Å². The Morgan fingerprint density at radius 1 is 1.32 bits per heavy atom. The minimum atomic E-state index is 0.624. The van der Waals surface area contributed by atoms with Gasteiger partial charge in [-0.2, -0.15) is 0 Å². The number of benzene rings is 1. The lowest BCUT2D eigenvalue weighted by molar-refractivity contribution is 0.400. The van der Waals surface area contributed by atoms with E-state index in [1.165, 1.54) is 35.8 Å². The van der Waals surface area contributed by atoms with Gasteiger partial charge in [-0.3, -0.25) is 0 Å². The Bertz CT molecular complexity index is 567. The van der Waals surface area contributed by atoms with Crippen LogP contribution in [-0.4, -0.2) is 24.7 Å². The van der Waals surface area contributed by atoms with Gasteiger partial charge in [0.2, 0.25) is 0 Å². The number of hydrogen-bond acceptors (Lipinski definition) is 2. The molecule has 1 aromatic heterocycles. The maximum absolute atomic E-state index is 5.46. The highest BCUT2D eigenvalue weighted by atomic mass is 16.5. The Labute approximate surface area is 114 Å². The smallest absolute Gasteiger partial charge is 0.143 e. The summed E-state index contributed by atoms with van der Waals surface area (Å²) in [6, 6.07) is 4.97. The van der Waals surface area contributed by atoms with Crippen molar-refractivity contribution in [3.05, 3.63) is 29.5 Å². The van der Waals surface area contributed by atoms with Crippen molar-refractivity contribution in [2.24, 2.45) is 0 Å². The van der Waals surface area contributed by atoms with Gasteiger partial charge in [0.1, 0.15) is 5.75 Å². The molecule has 0 spiro atoms. The van der Waals surface area contributed by atoms with Crippen molar-refractivity contribution in [3.63, 3.8) is 0 Å². The summed E-state index contributed by atoms with van der Waals surface area (Å²) in [7, 11) is 1.73. The monoisotopic (exact) mass is 258 g/mol. The van der Waals surface area contributed by atoms with Gasteiger partial charge < -0.3 is 15.0 Å². The maximum atomic E-state index is 5.46. The van der Waals surface area contributed by atoms with Crippen molar-refractivity contribution in [1.29, 1.82) is 0 Å². The highest BCUT2D eigenvalue weighted by molar-refractivity contribution is 5.89. The fourth-order valence-electron chi connectivity index (χ4n) is 3.09. The second-order valence-corrected chi connectivity index (χ2v) is 5.55. The van der Waals surface area contributed by atoms with Gasteiger partial charge in [0.05, 0.1) is 12.6 Å². The van der Waals surface area contributed by atoms with Gasteiger partial charge in [0.15, 0.2) is 0 Å². The number of aryl methyl sites for hydroxylation is 1. The van der Waals surface area contributed by atoms with Crippen LogP contribution >= 0.6 is 0 Å². The van der Waals surface area contributed by atoms with Gasteiger partial charge in [0.25, 0.3) is 0 Å². The third-order valence-corrected chi connectivity index (χ3v) is 4.08. The van der Waals surface area contributed by atoms with Crippen molar-refractivity contribution >= 4 is 10.9 Å². The van der Waals surface area contributed by atoms with Gasteiger partial charge >= 0.3 is 0 Å². The number of H-pyrrole nitrogens is 1. The molecule has 3 heteroatoms. The Morgan fingerprint density at radius 3 is 2.95 bits per heavy atom. The van der Waals surface area contributed by atoms with Crippen LogP contribution in [0.25, 0.3) is 10.9 Å². The number of nitrogens with one attached hydrogen (secondary N) is 2. The van der Waals surface area contributed by atoms with Crippen LogP contribution in [0.4, 0.5) is 0 Å². The number of aromatic amines is 1. The van der Waals surface area contributed by atoms with Crippen LogP contribution in [-0.2, 0) is 6.42 Å². The van der Waals surface area contributed by atoms with Crippen LogP contribution in [0.15, 0.2) is 18.3 Å². The molecule has 1 fully saturated rings. The van der Waals surface area contributed by atoms with Crippen LogP contribution < -0.4 is 10.1 Å². The van der Waals surface area contributed by atoms with E-state index in [0.717, 1.165) is 24.2 Å². The van der Waals surface area contributed by atoms with Gasteiger partial charge in [-0.15, -0.1) is 0 Å². The predicted octanol–water partition coefficient (Wildman–Crippen LogP) is 3.17. The van der Waals surface area contributed by atoms with E-state index in [-0.39, 0.29) is 0 Å². The molecule has 2 aromatic rings. The van der Waals surface area contributed by atoms with Crippen molar-refractivity contribution in [1.82, 2.24) is 10.3 Å². The minimum Gasteiger partial charge on any atom is -0.495 e. The van der Waals surface area contributed by atoms with Crippen molar-refractivity contribution in [2.45, 2.75) is 38.6 Å². The fraction of sp³-hybridized carbons (Fsp3) is 0.500. The molecular weight excluding hydrogens is 236 g/mol. The van der Waals surface area contributed by atoms with Crippen molar-refractivity contribution in [3.8, 4) is 5.75 Å². The summed E-state index contributed by atoms with van der Waals surface area (Å²) >= 11 is 0. The Kier molecular flexibility index (Phi) is 3.47. The molecule has 2 heterocycles. The summed E-state index contributed by atoms with van der Waals surface area (Å²) in [5, 5.41) is 4.93. The Morgan fingerprint density at radius 2 is 2.21 bits per heavy atom. The van der Waals surface area contributed by atoms with E-state index in [0.29, 0.717) is 6.04 Å². The molecule has 1 aliphatic rings. The first-order valence-electron chi connectivity index (χ1n) is 7.16. The summed E-state index contributed by atoms with van der Waals surface area (Å²) in [6.45, 7) is 3.28. The van der Waals surface area contributed by atoms with E-state index in [4.69, 9.17) is 4.74 Å². The number of aromatic nitrogens is 1. The standard InChI is InChI=1S/C16H22N2O/c1-11-7-14-12(9-13-5-3-4-6-17-13)10-18-16(14)15(8-11)19-2/h7-8,10,13,17-18H,3-6,9H2,1-2H3. The lowest BCUT2D eigenvalue weighted by Gasteiger charge is -2.23. The van der Waals surface area contributed by atoms with Gasteiger partial charge in [-0.25, -0.2) is 0 Å². The SMILES string of the molecule is COc1cc(C)cc2c(CC3CCCCN3)c[nH]c12. The second-order valence-electron chi connectivity index (χ2n) is 5.55. The Balaban J connectivity index is 1.93. The molecule has 3 rings (SSSR count). The predicted molar refractivity (Wildman–Crippen MR) is 78.9 cm³/mol. The molecule has 2 N–H and O–H groups in total. The van der Waals surface area contributed by atoms with E-state index in [9.17, 15) is 0 Å². The Hall–Kier alpha value is -1.48. The number of hydrogen-bond donors (Lipinski definition) is 2. The molecule has 0 amide bonds. The molecule has 102 valence electrons. The molecule has 1 atom stereocenters. The zero-order chi connectivity index (χ0) is 13.2. The highest BCUT2D eigenvalue weighted by Crippen LogP contribution is 2.30. The van der Waals surface area contributed by atoms with E-state index >= 15 is 0 Å². The molecule has 1 aliphatic heterocycles. The molecule has 1 aromatic carbocycles. The van der Waals surface area contributed by atoms with Crippen LogP contribution in [0.3, 0.4) is 0 Å². The van der Waals surface area contributed by atoms with Gasteiger partial charge in [0, 0.05) is 17.6 Å². The summed E-state index contributed by atoms with van der Waals surface area (Å²) < 4.78 is 5.46. The maximum Gasteiger partial charge on any atom is 0.143 e. The first-order chi connectivity index (χ1) is 9.28. The lowest BCUT2D eigenvalue weighted by atomic mass is 9.97. The number of piperidine rings is 1. The second kappa shape index (κ2) is 5.25. The first-order valence-corrected chi connectivity index (χ1v) is 7.16. The number of rotatable bonds is 3. The van der Waals surface area contributed by atoms with Crippen LogP contribution in [0.2, 0.25) is 0 Å². The topological polar surface area (TPSA) is 37.0 Å². The number of methoxy groups -OCH3 is 1. The van der Waals surface area contributed by atoms with Gasteiger partial charge in [-0.05, 0) is 56.0 Å². The van der Waals surface area contributed by atoms with Crippen LogP contribution in [0.1, 0.15) is 30.4 Å². The molecule has 1 unspecified atom stereocenters.